The topological polar surface area (TPSA) is 37.3 Å². The smallest absolute Gasteiger partial charge is 0.129 e. The van der Waals surface area contributed by atoms with Gasteiger partial charge in [-0.05, 0) is 17.5 Å². The molecule has 20 heavy (non-hydrogen) atoms. The second kappa shape index (κ2) is 5.15. The summed E-state index contributed by atoms with van der Waals surface area (Å²) in [6, 6.07) is 18.6. The van der Waals surface area contributed by atoms with Crippen LogP contribution in [0.25, 0.3) is 0 Å². The lowest BCUT2D eigenvalue weighted by atomic mass is 9.81. The number of hydrogen-bond donors (Lipinski definition) is 1. The Balaban J connectivity index is 2.11. The van der Waals surface area contributed by atoms with Crippen LogP contribution in [0.2, 0.25) is 0 Å². The van der Waals surface area contributed by atoms with Crippen LogP contribution in [0.1, 0.15) is 25.8 Å². The Morgan fingerprint density at radius 1 is 1.10 bits per heavy atom. The van der Waals surface area contributed by atoms with E-state index >= 15 is 0 Å². The molecule has 2 aromatic rings. The second-order valence-electron chi connectivity index (χ2n) is 5.19. The minimum absolute atomic E-state index is 0.417. The zero-order valence-electron chi connectivity index (χ0n) is 12.3. The van der Waals surface area contributed by atoms with E-state index in [-0.39, 0.29) is 0 Å². The summed E-state index contributed by atoms with van der Waals surface area (Å²) in [5.41, 5.74) is 0.142. The molecule has 1 aliphatic heterocycles. The Bertz CT molecular complexity index is 616. The van der Waals surface area contributed by atoms with Crippen molar-refractivity contribution in [2.45, 2.75) is 29.4 Å². The summed E-state index contributed by atoms with van der Waals surface area (Å²) in [5.74, 6) is 0. The fraction of sp³-hybridized carbons (Fsp3) is 0.294. The molecule has 1 saturated heterocycles. The highest BCUT2D eigenvalue weighted by molar-refractivity contribution is 7.87. The van der Waals surface area contributed by atoms with Gasteiger partial charge in [-0.2, -0.15) is 0 Å². The molecule has 1 unspecified atom stereocenters. The van der Waals surface area contributed by atoms with Crippen LogP contribution in [-0.4, -0.2) is 19.8 Å². The van der Waals surface area contributed by atoms with Gasteiger partial charge in [0.1, 0.15) is 5.60 Å². The standard InChI is InChI=1S/C17H18O2S/c1-13-12-16(20(13)19)17(18,14-8-4-2-5-9-14)15-10-6-3-7-11-15/h2-11,13,16,18H,12H2,1H3/t13-,16+,20?/m0/s1/i13D. The van der Waals surface area contributed by atoms with Crippen molar-refractivity contribution < 1.29 is 10.7 Å². The van der Waals surface area contributed by atoms with Gasteiger partial charge in [0, 0.05) is 17.4 Å². The molecule has 0 radical (unpaired) electrons. The van der Waals surface area contributed by atoms with Gasteiger partial charge in [-0.15, -0.1) is 0 Å². The van der Waals surface area contributed by atoms with E-state index in [2.05, 4.69) is 0 Å². The van der Waals surface area contributed by atoms with E-state index in [1.807, 2.05) is 60.7 Å². The van der Waals surface area contributed by atoms with E-state index in [4.69, 9.17) is 1.37 Å². The van der Waals surface area contributed by atoms with Crippen molar-refractivity contribution >= 4 is 10.8 Å². The van der Waals surface area contributed by atoms with Gasteiger partial charge >= 0.3 is 0 Å². The average molecular weight is 287 g/mol. The first-order valence-electron chi connectivity index (χ1n) is 7.20. The molecule has 0 aliphatic carbocycles. The fourth-order valence-corrected chi connectivity index (χ4v) is 4.29. The zero-order chi connectivity index (χ0) is 15.1. The van der Waals surface area contributed by atoms with Crippen molar-refractivity contribution in [1.82, 2.24) is 0 Å². The van der Waals surface area contributed by atoms with Crippen LogP contribution in [0.15, 0.2) is 60.7 Å². The summed E-state index contributed by atoms with van der Waals surface area (Å²) in [7, 11) is -1.39. The van der Waals surface area contributed by atoms with E-state index in [9.17, 15) is 9.32 Å². The lowest BCUT2D eigenvalue weighted by Gasteiger charge is -2.44. The van der Waals surface area contributed by atoms with Gasteiger partial charge in [-0.3, -0.25) is 4.21 Å². The average Bonchev–Trinajstić information content (AvgIpc) is 2.53. The largest absolute Gasteiger partial charge is 0.379 e. The summed E-state index contributed by atoms with van der Waals surface area (Å²) in [5, 5.41) is 9.98. The minimum atomic E-state index is -1.39. The van der Waals surface area contributed by atoms with E-state index < -0.39 is 26.9 Å². The van der Waals surface area contributed by atoms with Crippen molar-refractivity contribution in [3.63, 3.8) is 0 Å². The van der Waals surface area contributed by atoms with Crippen LogP contribution in [0.3, 0.4) is 0 Å². The van der Waals surface area contributed by atoms with Crippen molar-refractivity contribution in [3.05, 3.63) is 71.8 Å². The number of rotatable bonds is 3. The van der Waals surface area contributed by atoms with Gasteiger partial charge in [0.05, 0.1) is 5.25 Å². The van der Waals surface area contributed by atoms with E-state index in [1.165, 1.54) is 0 Å². The van der Waals surface area contributed by atoms with E-state index in [0.717, 1.165) is 11.1 Å². The van der Waals surface area contributed by atoms with Crippen LogP contribution < -0.4 is 0 Å². The number of aliphatic hydroxyl groups is 1. The normalized spacial score (nSPS) is 30.4. The molecule has 3 rings (SSSR count). The SMILES string of the molecule is [2H][C@]1(C)C[C@H](C(O)(c2ccccc2)c2ccccc2)S1=O. The zero-order valence-corrected chi connectivity index (χ0v) is 12.1. The molecule has 1 heterocycles. The van der Waals surface area contributed by atoms with Gasteiger partial charge < -0.3 is 5.11 Å². The Morgan fingerprint density at radius 2 is 1.55 bits per heavy atom. The molecule has 1 N–H and O–H groups in total. The lowest BCUT2D eigenvalue weighted by molar-refractivity contribution is 0.0680. The molecule has 0 saturated carbocycles. The third-order valence-electron chi connectivity index (χ3n) is 3.97. The van der Waals surface area contributed by atoms with Crippen LogP contribution in [0.5, 0.6) is 0 Å². The molecule has 2 aromatic carbocycles. The summed E-state index contributed by atoms with van der Waals surface area (Å²) >= 11 is 0. The molecule has 3 atom stereocenters. The molecular weight excluding hydrogens is 268 g/mol. The first-order chi connectivity index (χ1) is 9.96. The minimum Gasteiger partial charge on any atom is -0.379 e. The molecule has 1 aliphatic rings. The van der Waals surface area contributed by atoms with Crippen molar-refractivity contribution in [3.8, 4) is 0 Å². The van der Waals surface area contributed by atoms with Gasteiger partial charge in [-0.25, -0.2) is 0 Å². The van der Waals surface area contributed by atoms with Gasteiger partial charge in [0.15, 0.2) is 0 Å². The third-order valence-corrected chi connectivity index (χ3v) is 5.85. The monoisotopic (exact) mass is 287 g/mol. The van der Waals surface area contributed by atoms with E-state index in [1.54, 1.807) is 6.92 Å². The molecule has 0 bridgehead atoms. The highest BCUT2D eigenvalue weighted by atomic mass is 32.2. The van der Waals surface area contributed by atoms with E-state index in [0.29, 0.717) is 6.42 Å². The van der Waals surface area contributed by atoms with Gasteiger partial charge in [0.25, 0.3) is 0 Å². The highest BCUT2D eigenvalue weighted by Crippen LogP contribution is 2.43. The summed E-state index contributed by atoms with van der Waals surface area (Å²) in [6.45, 7) is 1.66. The second-order valence-corrected chi connectivity index (χ2v) is 7.05. The van der Waals surface area contributed by atoms with Crippen LogP contribution in [-0.2, 0) is 16.4 Å². The molecule has 3 heteroatoms. The predicted molar refractivity (Wildman–Crippen MR) is 81.9 cm³/mol. The fourth-order valence-electron chi connectivity index (χ4n) is 2.79. The molecular formula is C17H18O2S. The van der Waals surface area contributed by atoms with Crippen molar-refractivity contribution in [2.24, 2.45) is 0 Å². The Hall–Kier alpha value is -1.45. The number of benzene rings is 2. The molecule has 0 amide bonds. The van der Waals surface area contributed by atoms with Crippen molar-refractivity contribution in [2.75, 3.05) is 0 Å². The van der Waals surface area contributed by atoms with Gasteiger partial charge in [-0.1, -0.05) is 67.6 Å². The van der Waals surface area contributed by atoms with Crippen molar-refractivity contribution in [1.29, 1.82) is 0 Å². The first-order valence-corrected chi connectivity index (χ1v) is 7.91. The predicted octanol–water partition coefficient (Wildman–Crippen LogP) is 2.83. The Morgan fingerprint density at radius 3 is 1.90 bits per heavy atom. The molecule has 2 nitrogen and oxygen atoms in total. The molecule has 0 spiro atoms. The summed E-state index contributed by atoms with van der Waals surface area (Å²) in [4.78, 5) is 0. The highest BCUT2D eigenvalue weighted by Gasteiger charge is 2.51. The van der Waals surface area contributed by atoms with Crippen LogP contribution >= 0.6 is 0 Å². The molecule has 0 aromatic heterocycles. The molecule has 1 fully saturated rings. The first kappa shape index (κ1) is 12.3. The third kappa shape index (κ3) is 2.02. The Kier molecular flexibility index (Phi) is 3.17. The lowest BCUT2D eigenvalue weighted by Crippen LogP contribution is -2.53. The maximum absolute atomic E-state index is 12.4. The Labute approximate surface area is 123 Å². The van der Waals surface area contributed by atoms with Crippen LogP contribution in [0.4, 0.5) is 0 Å². The number of hydrogen-bond acceptors (Lipinski definition) is 2. The summed E-state index contributed by atoms with van der Waals surface area (Å²) < 4.78 is 20.4. The molecule has 104 valence electrons. The summed E-state index contributed by atoms with van der Waals surface area (Å²) in [6.07, 6.45) is 0.417. The maximum Gasteiger partial charge on any atom is 0.129 e. The quantitative estimate of drug-likeness (QED) is 0.942. The maximum atomic E-state index is 12.4. The van der Waals surface area contributed by atoms with Gasteiger partial charge in [0.2, 0.25) is 0 Å². The van der Waals surface area contributed by atoms with Crippen LogP contribution in [0, 0.1) is 0 Å².